The van der Waals surface area contributed by atoms with Gasteiger partial charge in [0, 0.05) is 6.04 Å². The third-order valence-electron chi connectivity index (χ3n) is 4.77. The van der Waals surface area contributed by atoms with Gasteiger partial charge < -0.3 is 20.9 Å². The molecule has 0 radical (unpaired) electrons. The van der Waals surface area contributed by atoms with Gasteiger partial charge in [-0.05, 0) is 31.6 Å². The first kappa shape index (κ1) is 15.3. The number of carboxylic acid groups (broad SMARTS) is 1. The van der Waals surface area contributed by atoms with Crippen LogP contribution in [0.4, 0.5) is 0 Å². The van der Waals surface area contributed by atoms with E-state index in [-0.39, 0.29) is 18.6 Å². The van der Waals surface area contributed by atoms with Gasteiger partial charge in [0.25, 0.3) is 0 Å². The summed E-state index contributed by atoms with van der Waals surface area (Å²) < 4.78 is 5.17. The van der Waals surface area contributed by atoms with Crippen LogP contribution in [0.5, 0.6) is 0 Å². The number of carbonyl (C=O) groups is 2. The number of carboxylic acids is 1. The number of hydrogen-bond acceptors (Lipinski definition) is 4. The van der Waals surface area contributed by atoms with Crippen LogP contribution in [-0.2, 0) is 14.3 Å². The molecule has 0 spiro atoms. The van der Waals surface area contributed by atoms with Crippen molar-refractivity contribution in [3.8, 4) is 0 Å². The van der Waals surface area contributed by atoms with Gasteiger partial charge >= 0.3 is 5.97 Å². The van der Waals surface area contributed by atoms with Crippen molar-refractivity contribution in [2.45, 2.75) is 50.6 Å². The van der Waals surface area contributed by atoms with Gasteiger partial charge in [-0.2, -0.15) is 0 Å². The summed E-state index contributed by atoms with van der Waals surface area (Å²) in [6.07, 6.45) is 3.74. The molecule has 1 heterocycles. The minimum Gasteiger partial charge on any atom is -0.480 e. The van der Waals surface area contributed by atoms with E-state index in [2.05, 4.69) is 12.2 Å². The van der Waals surface area contributed by atoms with Crippen molar-refractivity contribution in [2.75, 3.05) is 13.2 Å². The van der Waals surface area contributed by atoms with Gasteiger partial charge in [-0.25, -0.2) is 4.79 Å². The Balaban J connectivity index is 2.03. The summed E-state index contributed by atoms with van der Waals surface area (Å²) in [4.78, 5) is 23.9. The molecule has 0 aromatic heterocycles. The Labute approximate surface area is 119 Å². The zero-order valence-electron chi connectivity index (χ0n) is 11.9. The molecule has 0 bridgehead atoms. The number of hydrogen-bond donors (Lipinski definition) is 3. The van der Waals surface area contributed by atoms with E-state index in [1.165, 1.54) is 0 Å². The average molecular weight is 284 g/mol. The van der Waals surface area contributed by atoms with E-state index in [1.807, 2.05) is 0 Å². The summed E-state index contributed by atoms with van der Waals surface area (Å²) in [5, 5.41) is 12.3. The molecule has 114 valence electrons. The Hall–Kier alpha value is -1.14. The lowest BCUT2D eigenvalue weighted by atomic mass is 9.75. The Morgan fingerprint density at radius 1 is 1.35 bits per heavy atom. The first-order valence-electron chi connectivity index (χ1n) is 7.37. The van der Waals surface area contributed by atoms with E-state index in [0.29, 0.717) is 25.4 Å². The molecule has 2 atom stereocenters. The van der Waals surface area contributed by atoms with Gasteiger partial charge in [-0.15, -0.1) is 0 Å². The number of nitrogens with one attached hydrogen (secondary N) is 1. The molecule has 4 N–H and O–H groups in total. The molecule has 1 saturated heterocycles. The average Bonchev–Trinajstić information content (AvgIpc) is 2.85. The predicted molar refractivity (Wildman–Crippen MR) is 73.0 cm³/mol. The normalized spacial score (nSPS) is 37.6. The van der Waals surface area contributed by atoms with Crippen LogP contribution in [0, 0.1) is 11.8 Å². The maximum Gasteiger partial charge on any atom is 0.329 e. The lowest BCUT2D eigenvalue weighted by Gasteiger charge is -2.38. The number of nitrogens with two attached hydrogens (primary N) is 1. The van der Waals surface area contributed by atoms with Crippen LogP contribution in [0.2, 0.25) is 0 Å². The van der Waals surface area contributed by atoms with Crippen LogP contribution in [0.3, 0.4) is 0 Å². The van der Waals surface area contributed by atoms with E-state index in [1.54, 1.807) is 0 Å². The molecule has 0 aromatic carbocycles. The fourth-order valence-electron chi connectivity index (χ4n) is 3.14. The fourth-order valence-corrected chi connectivity index (χ4v) is 3.14. The molecule has 1 aliphatic carbocycles. The molecular formula is C14H24N2O4. The van der Waals surface area contributed by atoms with Gasteiger partial charge in [-0.3, -0.25) is 4.79 Å². The smallest absolute Gasteiger partial charge is 0.329 e. The van der Waals surface area contributed by atoms with Crippen molar-refractivity contribution in [1.29, 1.82) is 0 Å². The second-order valence-electron chi connectivity index (χ2n) is 6.04. The van der Waals surface area contributed by atoms with Gasteiger partial charge in [0.15, 0.2) is 0 Å². The van der Waals surface area contributed by atoms with Crippen molar-refractivity contribution in [3.63, 3.8) is 0 Å². The summed E-state index contributed by atoms with van der Waals surface area (Å²) in [6.45, 7) is 2.75. The Kier molecular flexibility index (Phi) is 4.65. The first-order valence-corrected chi connectivity index (χ1v) is 7.37. The third-order valence-corrected chi connectivity index (χ3v) is 4.77. The van der Waals surface area contributed by atoms with E-state index < -0.39 is 17.4 Å². The van der Waals surface area contributed by atoms with E-state index in [0.717, 1.165) is 19.3 Å². The minimum absolute atomic E-state index is 0.278. The van der Waals surface area contributed by atoms with Crippen LogP contribution in [0.25, 0.3) is 0 Å². The van der Waals surface area contributed by atoms with E-state index >= 15 is 0 Å². The first-order chi connectivity index (χ1) is 9.48. The van der Waals surface area contributed by atoms with Crippen LogP contribution in [-0.4, -0.2) is 41.8 Å². The van der Waals surface area contributed by atoms with Gasteiger partial charge in [0.1, 0.15) is 5.54 Å². The minimum atomic E-state index is -1.12. The quantitative estimate of drug-likeness (QED) is 0.698. The number of ether oxygens (including phenoxy) is 1. The van der Waals surface area contributed by atoms with Crippen molar-refractivity contribution in [3.05, 3.63) is 0 Å². The maximum atomic E-state index is 12.3. The van der Waals surface area contributed by atoms with Gasteiger partial charge in [0.2, 0.25) is 5.91 Å². The largest absolute Gasteiger partial charge is 0.480 e. The van der Waals surface area contributed by atoms with E-state index in [4.69, 9.17) is 10.5 Å². The summed E-state index contributed by atoms with van der Waals surface area (Å²) >= 11 is 0. The zero-order valence-corrected chi connectivity index (χ0v) is 11.9. The van der Waals surface area contributed by atoms with Crippen LogP contribution < -0.4 is 11.1 Å². The number of carbonyl (C=O) groups excluding carboxylic acids is 1. The summed E-state index contributed by atoms with van der Waals surface area (Å²) in [5.41, 5.74) is 4.69. The van der Waals surface area contributed by atoms with Crippen molar-refractivity contribution in [1.82, 2.24) is 5.32 Å². The topological polar surface area (TPSA) is 102 Å². The van der Waals surface area contributed by atoms with E-state index in [9.17, 15) is 14.7 Å². The molecule has 2 aliphatic rings. The Bertz CT molecular complexity index is 377. The van der Waals surface area contributed by atoms with Crippen LogP contribution in [0.1, 0.15) is 39.0 Å². The number of amides is 1. The summed E-state index contributed by atoms with van der Waals surface area (Å²) in [5.74, 6) is -1.09. The molecule has 0 aromatic rings. The molecule has 1 aliphatic heterocycles. The molecule has 1 saturated carbocycles. The highest BCUT2D eigenvalue weighted by Gasteiger charge is 2.45. The Morgan fingerprint density at radius 3 is 2.45 bits per heavy atom. The monoisotopic (exact) mass is 284 g/mol. The third kappa shape index (κ3) is 2.96. The standard InChI is InChI=1S/C14H24N2O4/c1-2-9-3-5-14(6-4-9,13(18)19)16-12(17)10-7-20-8-11(10)15/h9-11H,2-8,15H2,1H3,(H,16,17)(H,18,19). The highest BCUT2D eigenvalue weighted by Crippen LogP contribution is 2.34. The lowest BCUT2D eigenvalue weighted by molar-refractivity contribution is -0.150. The molecule has 2 fully saturated rings. The van der Waals surface area contributed by atoms with Crippen LogP contribution >= 0.6 is 0 Å². The Morgan fingerprint density at radius 2 is 2.00 bits per heavy atom. The molecule has 6 heteroatoms. The summed E-state index contributed by atoms with van der Waals surface area (Å²) in [7, 11) is 0. The summed E-state index contributed by atoms with van der Waals surface area (Å²) in [6, 6.07) is -0.340. The second kappa shape index (κ2) is 6.10. The fraction of sp³-hybridized carbons (Fsp3) is 0.857. The molecule has 2 rings (SSSR count). The predicted octanol–water partition coefficient (Wildman–Crippen LogP) is 0.500. The van der Waals surface area contributed by atoms with Crippen LogP contribution in [0.15, 0.2) is 0 Å². The molecule has 6 nitrogen and oxygen atoms in total. The zero-order chi connectivity index (χ0) is 14.8. The maximum absolute atomic E-state index is 12.3. The number of aliphatic carboxylic acids is 1. The van der Waals surface area contributed by atoms with Crippen molar-refractivity contribution < 1.29 is 19.4 Å². The van der Waals surface area contributed by atoms with Gasteiger partial charge in [0.05, 0.1) is 19.1 Å². The molecule has 20 heavy (non-hydrogen) atoms. The highest BCUT2D eigenvalue weighted by atomic mass is 16.5. The molecule has 2 unspecified atom stereocenters. The SMILES string of the molecule is CCC1CCC(NC(=O)C2COCC2N)(C(=O)O)CC1. The second-order valence-corrected chi connectivity index (χ2v) is 6.04. The molecule has 1 amide bonds. The lowest BCUT2D eigenvalue weighted by Crippen LogP contribution is -2.59. The van der Waals surface area contributed by atoms with Crippen molar-refractivity contribution >= 4 is 11.9 Å². The van der Waals surface area contributed by atoms with Crippen molar-refractivity contribution in [2.24, 2.45) is 17.6 Å². The number of rotatable bonds is 4. The highest BCUT2D eigenvalue weighted by molar-refractivity contribution is 5.88. The van der Waals surface area contributed by atoms with Gasteiger partial charge in [-0.1, -0.05) is 13.3 Å². The molecular weight excluding hydrogens is 260 g/mol.